The molecule has 1 atom stereocenters. The molecule has 0 spiro atoms. The molecule has 0 saturated carbocycles. The van der Waals surface area contributed by atoms with E-state index in [9.17, 15) is 9.59 Å². The first kappa shape index (κ1) is 16.0. The van der Waals surface area contributed by atoms with Gasteiger partial charge < -0.3 is 20.7 Å². The van der Waals surface area contributed by atoms with Gasteiger partial charge in [-0.3, -0.25) is 4.79 Å². The Balaban J connectivity index is 0. The molecule has 4 N–H and O–H groups in total. The lowest BCUT2D eigenvalue weighted by atomic mass is 10.4. The lowest BCUT2D eigenvalue weighted by Gasteiger charge is -1.96. The number of hydrogen-bond acceptors (Lipinski definition) is 5. The van der Waals surface area contributed by atoms with E-state index in [1.807, 2.05) is 0 Å². The fourth-order valence-corrected chi connectivity index (χ4v) is 0.344. The van der Waals surface area contributed by atoms with Crippen LogP contribution in [-0.4, -0.2) is 41.4 Å². The number of carbonyl (C=O) groups excluding carboxylic acids is 2. The molecular weight excluding hydrogens is 202 g/mol. The Morgan fingerprint density at radius 1 is 1.53 bits per heavy atom. The van der Waals surface area contributed by atoms with Gasteiger partial charge in [0.2, 0.25) is 5.91 Å². The number of amides is 1. The van der Waals surface area contributed by atoms with Crippen molar-refractivity contribution in [1.82, 2.24) is 0 Å². The summed E-state index contributed by atoms with van der Waals surface area (Å²) in [5, 5.41) is 16.2. The van der Waals surface area contributed by atoms with Crippen molar-refractivity contribution >= 4 is 11.9 Å². The molecular formula is C9H17NO5. The van der Waals surface area contributed by atoms with E-state index >= 15 is 0 Å². The highest BCUT2D eigenvalue weighted by atomic mass is 16.5. The highest BCUT2D eigenvalue weighted by molar-refractivity contribution is 5.86. The van der Waals surface area contributed by atoms with E-state index in [4.69, 9.17) is 10.2 Å². The normalized spacial score (nSPS) is 10.7. The molecule has 0 aliphatic carbocycles. The van der Waals surface area contributed by atoms with Crippen LogP contribution in [0.5, 0.6) is 0 Å². The number of aliphatic hydroxyl groups is 2. The third-order valence-electron chi connectivity index (χ3n) is 1.13. The van der Waals surface area contributed by atoms with Crippen LogP contribution in [-0.2, 0) is 14.3 Å². The third-order valence-corrected chi connectivity index (χ3v) is 1.13. The van der Waals surface area contributed by atoms with Gasteiger partial charge in [-0.05, 0) is 13.8 Å². The van der Waals surface area contributed by atoms with Crippen LogP contribution in [0.4, 0.5) is 0 Å². The SMILES string of the molecule is C=C(C)C(=O)OCC.NC(=O)C(O)CO. The van der Waals surface area contributed by atoms with Gasteiger partial charge >= 0.3 is 5.97 Å². The Kier molecular flexibility index (Phi) is 9.81. The number of hydrogen-bond donors (Lipinski definition) is 3. The number of esters is 1. The molecule has 6 nitrogen and oxygen atoms in total. The smallest absolute Gasteiger partial charge is 0.333 e. The highest BCUT2D eigenvalue weighted by Crippen LogP contribution is 1.89. The zero-order chi connectivity index (χ0) is 12.4. The highest BCUT2D eigenvalue weighted by Gasteiger charge is 2.06. The fraction of sp³-hybridized carbons (Fsp3) is 0.556. The lowest BCUT2D eigenvalue weighted by molar-refractivity contribution is -0.138. The molecule has 1 unspecified atom stereocenters. The first-order chi connectivity index (χ1) is 6.86. The van der Waals surface area contributed by atoms with Crippen LogP contribution in [0.1, 0.15) is 13.8 Å². The summed E-state index contributed by atoms with van der Waals surface area (Å²) in [6.45, 7) is 6.61. The van der Waals surface area contributed by atoms with Crippen molar-refractivity contribution in [3.05, 3.63) is 12.2 Å². The molecule has 0 aliphatic heterocycles. The van der Waals surface area contributed by atoms with Crippen LogP contribution in [0, 0.1) is 0 Å². The second-order valence-corrected chi connectivity index (χ2v) is 2.60. The number of rotatable bonds is 4. The van der Waals surface area contributed by atoms with Gasteiger partial charge in [-0.1, -0.05) is 6.58 Å². The number of carbonyl (C=O) groups is 2. The maximum atomic E-state index is 10.4. The third kappa shape index (κ3) is 10.5. The lowest BCUT2D eigenvalue weighted by Crippen LogP contribution is -2.30. The second kappa shape index (κ2) is 9.17. The Labute approximate surface area is 88.3 Å². The first-order valence-electron chi connectivity index (χ1n) is 4.27. The fourth-order valence-electron chi connectivity index (χ4n) is 0.344. The molecule has 6 heteroatoms. The van der Waals surface area contributed by atoms with Crippen molar-refractivity contribution in [3.63, 3.8) is 0 Å². The monoisotopic (exact) mass is 219 g/mol. The van der Waals surface area contributed by atoms with Gasteiger partial charge in [-0.15, -0.1) is 0 Å². The number of ether oxygens (including phenoxy) is 1. The molecule has 0 aromatic rings. The summed E-state index contributed by atoms with van der Waals surface area (Å²) in [7, 11) is 0. The number of primary amides is 1. The summed E-state index contributed by atoms with van der Waals surface area (Å²) in [6.07, 6.45) is -1.40. The molecule has 0 aliphatic rings. The van der Waals surface area contributed by atoms with Crippen LogP contribution in [0.2, 0.25) is 0 Å². The average Bonchev–Trinajstić information content (AvgIpc) is 2.17. The van der Waals surface area contributed by atoms with Crippen LogP contribution in [0.3, 0.4) is 0 Å². The maximum absolute atomic E-state index is 10.4. The summed E-state index contributed by atoms with van der Waals surface area (Å²) >= 11 is 0. The zero-order valence-electron chi connectivity index (χ0n) is 8.90. The molecule has 88 valence electrons. The van der Waals surface area contributed by atoms with E-state index in [2.05, 4.69) is 17.0 Å². The maximum Gasteiger partial charge on any atom is 0.333 e. The van der Waals surface area contributed by atoms with Gasteiger partial charge in [0, 0.05) is 5.57 Å². The minimum absolute atomic E-state index is 0.312. The molecule has 0 radical (unpaired) electrons. The molecule has 15 heavy (non-hydrogen) atoms. The van der Waals surface area contributed by atoms with Crippen LogP contribution >= 0.6 is 0 Å². The number of aliphatic hydroxyl groups excluding tert-OH is 2. The topological polar surface area (TPSA) is 110 Å². The van der Waals surface area contributed by atoms with Crippen LogP contribution in [0.25, 0.3) is 0 Å². The largest absolute Gasteiger partial charge is 0.463 e. The average molecular weight is 219 g/mol. The minimum Gasteiger partial charge on any atom is -0.463 e. The van der Waals surface area contributed by atoms with Crippen molar-refractivity contribution in [3.8, 4) is 0 Å². The van der Waals surface area contributed by atoms with Gasteiger partial charge in [0.05, 0.1) is 13.2 Å². The minimum atomic E-state index is -1.40. The van der Waals surface area contributed by atoms with Gasteiger partial charge in [-0.2, -0.15) is 0 Å². The van der Waals surface area contributed by atoms with Gasteiger partial charge in [0.1, 0.15) is 0 Å². The Bertz CT molecular complexity index is 227. The first-order valence-corrected chi connectivity index (χ1v) is 4.27. The quantitative estimate of drug-likeness (QED) is 0.413. The van der Waals surface area contributed by atoms with Crippen molar-refractivity contribution < 1.29 is 24.5 Å². The summed E-state index contributed by atoms with van der Waals surface area (Å²) in [5.41, 5.74) is 4.95. The molecule has 0 aromatic carbocycles. The van der Waals surface area contributed by atoms with Crippen LogP contribution < -0.4 is 5.73 Å². The molecule has 0 fully saturated rings. The summed E-state index contributed by atoms with van der Waals surface area (Å²) in [6, 6.07) is 0. The zero-order valence-corrected chi connectivity index (χ0v) is 8.90. The number of nitrogens with two attached hydrogens (primary N) is 1. The van der Waals surface area contributed by atoms with E-state index in [0.717, 1.165) is 0 Å². The molecule has 0 saturated heterocycles. The van der Waals surface area contributed by atoms with E-state index < -0.39 is 18.6 Å². The van der Waals surface area contributed by atoms with Crippen LogP contribution in [0.15, 0.2) is 12.2 Å². The predicted molar refractivity (Wildman–Crippen MR) is 53.7 cm³/mol. The predicted octanol–water partition coefficient (Wildman–Crippen LogP) is -1.05. The Morgan fingerprint density at radius 3 is 2.07 bits per heavy atom. The van der Waals surface area contributed by atoms with E-state index in [0.29, 0.717) is 12.2 Å². The van der Waals surface area contributed by atoms with E-state index in [1.54, 1.807) is 13.8 Å². The summed E-state index contributed by atoms with van der Waals surface area (Å²) < 4.78 is 4.56. The standard InChI is InChI=1S/C6H10O2.C3H7NO3/c1-4-8-6(7)5(2)3;4-3(7)2(6)1-5/h2,4H2,1,3H3;2,5-6H,1H2,(H2,4,7). The summed E-state index contributed by atoms with van der Waals surface area (Å²) in [4.78, 5) is 20.2. The Morgan fingerprint density at radius 2 is 2.00 bits per heavy atom. The van der Waals surface area contributed by atoms with E-state index in [-0.39, 0.29) is 5.97 Å². The second-order valence-electron chi connectivity index (χ2n) is 2.60. The van der Waals surface area contributed by atoms with E-state index in [1.165, 1.54) is 0 Å². The van der Waals surface area contributed by atoms with Crippen molar-refractivity contribution in [2.45, 2.75) is 20.0 Å². The van der Waals surface area contributed by atoms with Crippen molar-refractivity contribution in [2.24, 2.45) is 5.73 Å². The van der Waals surface area contributed by atoms with Gasteiger partial charge in [-0.25, -0.2) is 4.79 Å². The van der Waals surface area contributed by atoms with Crippen molar-refractivity contribution in [2.75, 3.05) is 13.2 Å². The molecule has 0 aromatic heterocycles. The molecule has 1 amide bonds. The van der Waals surface area contributed by atoms with Gasteiger partial charge in [0.25, 0.3) is 0 Å². The summed E-state index contributed by atoms with van der Waals surface area (Å²) in [5.74, 6) is -1.21. The van der Waals surface area contributed by atoms with Crippen molar-refractivity contribution in [1.29, 1.82) is 0 Å². The molecule has 0 heterocycles. The molecule has 0 rings (SSSR count). The van der Waals surface area contributed by atoms with Gasteiger partial charge in [0.15, 0.2) is 6.10 Å². The molecule has 0 bridgehead atoms. The Hall–Kier alpha value is -1.40.